The first-order valence-corrected chi connectivity index (χ1v) is 9.19. The van der Waals surface area contributed by atoms with E-state index in [4.69, 9.17) is 9.47 Å². The van der Waals surface area contributed by atoms with Gasteiger partial charge in [0.2, 0.25) is 0 Å². The van der Waals surface area contributed by atoms with Gasteiger partial charge in [-0.15, -0.1) is 0 Å². The second-order valence-electron chi connectivity index (χ2n) is 6.87. The van der Waals surface area contributed by atoms with E-state index >= 15 is 0 Å². The third-order valence-electron chi connectivity index (χ3n) is 5.32. The molecule has 1 unspecified atom stereocenters. The lowest BCUT2D eigenvalue weighted by atomic mass is 9.67. The zero-order valence-electron chi connectivity index (χ0n) is 15.2. The van der Waals surface area contributed by atoms with Gasteiger partial charge >= 0.3 is 11.9 Å². The summed E-state index contributed by atoms with van der Waals surface area (Å²) in [4.78, 5) is 38.0. The zero-order valence-corrected chi connectivity index (χ0v) is 15.2. The van der Waals surface area contributed by atoms with Crippen molar-refractivity contribution in [2.45, 2.75) is 39.5 Å². The molecular formula is C21H24O5. The molecule has 26 heavy (non-hydrogen) atoms. The number of ether oxygens (including phenoxy) is 2. The second-order valence-corrected chi connectivity index (χ2v) is 6.87. The highest BCUT2D eigenvalue weighted by molar-refractivity contribution is 6.03. The van der Waals surface area contributed by atoms with Gasteiger partial charge in [-0.05, 0) is 44.6 Å². The molecule has 5 heteroatoms. The molecule has 1 fully saturated rings. The maximum atomic E-state index is 12.7. The molecule has 1 saturated carbocycles. The number of hydrogen-bond acceptors (Lipinski definition) is 5. The summed E-state index contributed by atoms with van der Waals surface area (Å²) < 4.78 is 10.4. The number of Topliss-reactive ketones (excluding diaryl/α,β-unsaturated/α-hetero) is 1. The Morgan fingerprint density at radius 2 is 1.77 bits per heavy atom. The third-order valence-corrected chi connectivity index (χ3v) is 5.32. The minimum atomic E-state index is -1.31. The van der Waals surface area contributed by atoms with Gasteiger partial charge in [0.05, 0.1) is 13.2 Å². The molecule has 0 heterocycles. The first-order valence-electron chi connectivity index (χ1n) is 9.19. The lowest BCUT2D eigenvalue weighted by Gasteiger charge is -2.37. The molecule has 1 aromatic rings. The van der Waals surface area contributed by atoms with Crippen LogP contribution in [0, 0.1) is 11.3 Å². The van der Waals surface area contributed by atoms with Crippen molar-refractivity contribution in [1.82, 2.24) is 0 Å². The Balaban J connectivity index is 2.00. The highest BCUT2D eigenvalue weighted by Crippen LogP contribution is 2.47. The summed E-state index contributed by atoms with van der Waals surface area (Å²) in [5, 5.41) is 0. The number of ketones is 1. The van der Waals surface area contributed by atoms with Crippen LogP contribution >= 0.6 is 0 Å². The highest BCUT2D eigenvalue weighted by atomic mass is 16.6. The Labute approximate surface area is 153 Å². The quantitative estimate of drug-likeness (QED) is 0.609. The van der Waals surface area contributed by atoms with E-state index in [1.807, 2.05) is 30.3 Å². The van der Waals surface area contributed by atoms with Crippen LogP contribution in [0.3, 0.4) is 0 Å². The van der Waals surface area contributed by atoms with Crippen LogP contribution in [0.1, 0.15) is 55.5 Å². The van der Waals surface area contributed by atoms with Gasteiger partial charge in [0.1, 0.15) is 0 Å². The maximum absolute atomic E-state index is 12.7. The van der Waals surface area contributed by atoms with Crippen molar-refractivity contribution in [1.29, 1.82) is 0 Å². The van der Waals surface area contributed by atoms with E-state index in [0.717, 1.165) is 11.1 Å². The fraction of sp³-hybridized carbons (Fsp3) is 0.476. The van der Waals surface area contributed by atoms with Crippen molar-refractivity contribution in [3.63, 3.8) is 0 Å². The normalized spacial score (nSPS) is 20.9. The standard InChI is InChI=1S/C21H24O5/c1-3-25-19(23)21(20(24)26-4-2)10-9-14-12-18(22)17-8-6-5-7-15(17)11-16(14)13-21/h5-8,11,14H,3-4,9-10,12-13H2,1-2H3. The van der Waals surface area contributed by atoms with Gasteiger partial charge in [0.25, 0.3) is 0 Å². The number of carbonyl (C=O) groups excluding carboxylic acids is 3. The molecule has 2 aliphatic carbocycles. The summed E-state index contributed by atoms with van der Waals surface area (Å²) in [6, 6.07) is 7.46. The Kier molecular flexibility index (Phi) is 5.25. The molecule has 0 N–H and O–H groups in total. The number of esters is 2. The summed E-state index contributed by atoms with van der Waals surface area (Å²) in [5.41, 5.74) is 1.19. The number of hydrogen-bond donors (Lipinski definition) is 0. The van der Waals surface area contributed by atoms with Crippen molar-refractivity contribution in [2.75, 3.05) is 13.2 Å². The van der Waals surface area contributed by atoms with Gasteiger partial charge < -0.3 is 9.47 Å². The van der Waals surface area contributed by atoms with Crippen LogP contribution in [-0.4, -0.2) is 30.9 Å². The van der Waals surface area contributed by atoms with Crippen molar-refractivity contribution in [3.8, 4) is 0 Å². The predicted octanol–water partition coefficient (Wildman–Crippen LogP) is 3.57. The van der Waals surface area contributed by atoms with Crippen molar-refractivity contribution in [2.24, 2.45) is 11.3 Å². The van der Waals surface area contributed by atoms with Gasteiger partial charge in [-0.25, -0.2) is 0 Å². The van der Waals surface area contributed by atoms with E-state index in [9.17, 15) is 14.4 Å². The number of carbonyl (C=O) groups is 3. The highest BCUT2D eigenvalue weighted by Gasteiger charge is 2.52. The van der Waals surface area contributed by atoms with Gasteiger partial charge in [-0.2, -0.15) is 0 Å². The lowest BCUT2D eigenvalue weighted by Crippen LogP contribution is -2.45. The fourth-order valence-corrected chi connectivity index (χ4v) is 3.97. The third kappa shape index (κ3) is 3.18. The molecule has 0 spiro atoms. The number of fused-ring (bicyclic) bond motifs is 2. The largest absolute Gasteiger partial charge is 0.465 e. The summed E-state index contributed by atoms with van der Waals surface area (Å²) >= 11 is 0. The maximum Gasteiger partial charge on any atom is 0.323 e. The van der Waals surface area contributed by atoms with Gasteiger partial charge in [0, 0.05) is 12.0 Å². The van der Waals surface area contributed by atoms with Crippen LogP contribution in [0.15, 0.2) is 29.8 Å². The Bertz CT molecular complexity index is 743. The molecule has 138 valence electrons. The molecule has 5 nitrogen and oxygen atoms in total. The summed E-state index contributed by atoms with van der Waals surface area (Å²) in [6.45, 7) is 3.87. The Morgan fingerprint density at radius 1 is 1.12 bits per heavy atom. The van der Waals surface area contributed by atoms with Crippen molar-refractivity contribution in [3.05, 3.63) is 41.0 Å². The molecule has 0 aromatic heterocycles. The molecule has 3 rings (SSSR count). The molecule has 0 aliphatic heterocycles. The SMILES string of the molecule is CCOC(=O)C1(C(=O)OCC)CCC2CC(=O)c3ccccc3C=C2C1. The number of rotatable bonds is 4. The Morgan fingerprint density at radius 3 is 2.42 bits per heavy atom. The first kappa shape index (κ1) is 18.4. The molecule has 0 radical (unpaired) electrons. The number of allylic oxidation sites excluding steroid dienone is 1. The van der Waals surface area contributed by atoms with Crippen LogP contribution in [0.4, 0.5) is 0 Å². The average Bonchev–Trinajstić information content (AvgIpc) is 2.77. The van der Waals surface area contributed by atoms with Crippen LogP contribution in [0.2, 0.25) is 0 Å². The van der Waals surface area contributed by atoms with Gasteiger partial charge in [0.15, 0.2) is 11.2 Å². The van der Waals surface area contributed by atoms with Crippen LogP contribution in [-0.2, 0) is 19.1 Å². The first-order chi connectivity index (χ1) is 12.5. The summed E-state index contributed by atoms with van der Waals surface area (Å²) in [5.74, 6) is -0.896. The predicted molar refractivity (Wildman–Crippen MR) is 96.4 cm³/mol. The fourth-order valence-electron chi connectivity index (χ4n) is 3.97. The van der Waals surface area contributed by atoms with Crippen LogP contribution in [0.25, 0.3) is 6.08 Å². The minimum Gasteiger partial charge on any atom is -0.465 e. The van der Waals surface area contributed by atoms with E-state index in [1.54, 1.807) is 13.8 Å². The molecule has 1 aromatic carbocycles. The zero-order chi connectivity index (χ0) is 18.7. The Hall–Kier alpha value is -2.43. The molecule has 0 bridgehead atoms. The van der Waals surface area contributed by atoms with Gasteiger partial charge in [-0.1, -0.05) is 35.9 Å². The van der Waals surface area contributed by atoms with Crippen LogP contribution < -0.4 is 0 Å². The molecular weight excluding hydrogens is 332 g/mol. The number of benzene rings is 1. The molecule has 0 saturated heterocycles. The van der Waals surface area contributed by atoms with E-state index in [2.05, 4.69) is 0 Å². The molecule has 0 amide bonds. The van der Waals surface area contributed by atoms with E-state index in [0.29, 0.717) is 24.8 Å². The van der Waals surface area contributed by atoms with Crippen molar-refractivity contribution < 1.29 is 23.9 Å². The summed E-state index contributed by atoms with van der Waals surface area (Å²) in [6.07, 6.45) is 3.55. The van der Waals surface area contributed by atoms with Gasteiger partial charge in [-0.3, -0.25) is 14.4 Å². The van der Waals surface area contributed by atoms with E-state index in [1.165, 1.54) is 0 Å². The minimum absolute atomic E-state index is 0.0480. The molecule has 2 aliphatic rings. The lowest BCUT2D eigenvalue weighted by molar-refractivity contribution is -0.174. The monoisotopic (exact) mass is 356 g/mol. The molecule has 1 atom stereocenters. The summed E-state index contributed by atoms with van der Waals surface area (Å²) in [7, 11) is 0. The smallest absolute Gasteiger partial charge is 0.323 e. The van der Waals surface area contributed by atoms with Crippen LogP contribution in [0.5, 0.6) is 0 Å². The van der Waals surface area contributed by atoms with E-state index in [-0.39, 0.29) is 31.3 Å². The van der Waals surface area contributed by atoms with Crippen molar-refractivity contribution >= 4 is 23.8 Å². The second kappa shape index (κ2) is 7.44. The average molecular weight is 356 g/mol. The topological polar surface area (TPSA) is 69.7 Å². The van der Waals surface area contributed by atoms with E-state index < -0.39 is 17.4 Å².